The molecular weight excluding hydrogens is 528 g/mol. The number of hydrogen-bond donors (Lipinski definition) is 1. The molecule has 0 radical (unpaired) electrons. The number of aryl methyl sites for hydroxylation is 1. The number of methoxy groups -OCH3 is 1. The van der Waals surface area contributed by atoms with Crippen molar-refractivity contribution < 1.29 is 22.7 Å². The molecule has 2 aliphatic heterocycles. The largest absolute Gasteiger partial charge is 0.495 e. The fourth-order valence-corrected chi connectivity index (χ4v) is 6.19. The minimum atomic E-state index is -3.81. The summed E-state index contributed by atoms with van der Waals surface area (Å²) in [6, 6.07) is 17.8. The van der Waals surface area contributed by atoms with Gasteiger partial charge in [-0.3, -0.25) is 9.52 Å². The van der Waals surface area contributed by atoms with Gasteiger partial charge in [0.05, 0.1) is 36.6 Å². The number of likely N-dealkylation sites (N-methyl/N-ethyl adjacent to an activating group) is 1. The molecule has 0 aromatic heterocycles. The van der Waals surface area contributed by atoms with Crippen LogP contribution in [0.3, 0.4) is 0 Å². The van der Waals surface area contributed by atoms with Crippen molar-refractivity contribution in [2.75, 3.05) is 76.3 Å². The van der Waals surface area contributed by atoms with E-state index < -0.39 is 10.0 Å². The maximum absolute atomic E-state index is 13.3. The van der Waals surface area contributed by atoms with Crippen molar-refractivity contribution in [1.82, 2.24) is 9.80 Å². The van der Waals surface area contributed by atoms with Crippen LogP contribution in [-0.4, -0.2) is 90.8 Å². The molecule has 9 nitrogen and oxygen atoms in total. The number of hydrogen-bond acceptors (Lipinski definition) is 7. The van der Waals surface area contributed by atoms with Crippen molar-refractivity contribution >= 4 is 27.3 Å². The SMILES string of the molecule is COc1ccc(NS(=O)(=O)c2ccc(-c3ccc(C(=O)N4CCOCC4)cc3C)cc2)cc1N1CCN(C)CC1. The van der Waals surface area contributed by atoms with Gasteiger partial charge in [-0.05, 0) is 73.1 Å². The van der Waals surface area contributed by atoms with E-state index in [2.05, 4.69) is 21.6 Å². The molecule has 5 rings (SSSR count). The number of carbonyl (C=O) groups excluding carboxylic acids is 1. The van der Waals surface area contributed by atoms with Crippen LogP contribution in [0.25, 0.3) is 11.1 Å². The van der Waals surface area contributed by atoms with Crippen LogP contribution in [0.2, 0.25) is 0 Å². The van der Waals surface area contributed by atoms with Crippen LogP contribution in [0, 0.1) is 6.92 Å². The van der Waals surface area contributed by atoms with Crippen molar-refractivity contribution in [2.45, 2.75) is 11.8 Å². The lowest BCUT2D eigenvalue weighted by atomic mass is 9.98. The van der Waals surface area contributed by atoms with Crippen LogP contribution in [0.5, 0.6) is 5.75 Å². The van der Waals surface area contributed by atoms with Crippen molar-refractivity contribution in [3.63, 3.8) is 0 Å². The molecule has 0 atom stereocenters. The lowest BCUT2D eigenvalue weighted by Crippen LogP contribution is -2.44. The van der Waals surface area contributed by atoms with E-state index >= 15 is 0 Å². The molecule has 0 unspecified atom stereocenters. The maximum atomic E-state index is 13.3. The minimum Gasteiger partial charge on any atom is -0.495 e. The van der Waals surface area contributed by atoms with Crippen molar-refractivity contribution in [3.05, 3.63) is 71.8 Å². The summed E-state index contributed by atoms with van der Waals surface area (Å²) in [5, 5.41) is 0. The summed E-state index contributed by atoms with van der Waals surface area (Å²) in [4.78, 5) is 19.3. The molecule has 0 saturated carbocycles. The molecule has 40 heavy (non-hydrogen) atoms. The van der Waals surface area contributed by atoms with Crippen molar-refractivity contribution in [3.8, 4) is 16.9 Å². The molecule has 10 heteroatoms. The molecule has 3 aromatic carbocycles. The fourth-order valence-electron chi connectivity index (χ4n) is 5.15. The number of piperazine rings is 1. The second-order valence-corrected chi connectivity index (χ2v) is 11.9. The predicted octanol–water partition coefficient (Wildman–Crippen LogP) is 3.70. The van der Waals surface area contributed by atoms with E-state index in [0.29, 0.717) is 43.3 Å². The normalized spacial score (nSPS) is 16.6. The third-order valence-electron chi connectivity index (χ3n) is 7.52. The molecular formula is C30H36N4O5S. The monoisotopic (exact) mass is 564 g/mol. The van der Waals surface area contributed by atoms with Gasteiger partial charge in [0.15, 0.2) is 0 Å². The lowest BCUT2D eigenvalue weighted by Gasteiger charge is -2.35. The summed E-state index contributed by atoms with van der Waals surface area (Å²) in [7, 11) is -0.0924. The number of sulfonamides is 1. The van der Waals surface area contributed by atoms with Gasteiger partial charge in [0.1, 0.15) is 5.75 Å². The number of anilines is 2. The van der Waals surface area contributed by atoms with E-state index in [1.165, 1.54) is 0 Å². The summed E-state index contributed by atoms with van der Waals surface area (Å²) in [5.74, 6) is 0.713. The molecule has 2 fully saturated rings. The highest BCUT2D eigenvalue weighted by atomic mass is 32.2. The van der Waals surface area contributed by atoms with Gasteiger partial charge >= 0.3 is 0 Å². The number of benzene rings is 3. The molecule has 1 amide bonds. The van der Waals surface area contributed by atoms with Gasteiger partial charge in [0, 0.05) is 44.8 Å². The maximum Gasteiger partial charge on any atom is 0.261 e. The van der Waals surface area contributed by atoms with Crippen LogP contribution in [0.15, 0.2) is 65.6 Å². The van der Waals surface area contributed by atoms with Crippen LogP contribution < -0.4 is 14.4 Å². The highest BCUT2D eigenvalue weighted by Crippen LogP contribution is 2.33. The Kier molecular flexibility index (Phi) is 8.30. The summed E-state index contributed by atoms with van der Waals surface area (Å²) in [6.45, 7) is 7.80. The van der Waals surface area contributed by atoms with E-state index in [9.17, 15) is 13.2 Å². The zero-order chi connectivity index (χ0) is 28.3. The Balaban J connectivity index is 1.31. The fraction of sp³-hybridized carbons (Fsp3) is 0.367. The summed E-state index contributed by atoms with van der Waals surface area (Å²) >= 11 is 0. The molecule has 2 heterocycles. The molecule has 2 saturated heterocycles. The smallest absolute Gasteiger partial charge is 0.261 e. The molecule has 0 bridgehead atoms. The Labute approximate surface area is 236 Å². The first kappa shape index (κ1) is 27.9. The second kappa shape index (κ2) is 11.9. The molecule has 212 valence electrons. The molecule has 0 spiro atoms. The summed E-state index contributed by atoms with van der Waals surface area (Å²) in [6.07, 6.45) is 0. The van der Waals surface area contributed by atoms with E-state index in [1.54, 1.807) is 43.5 Å². The first-order valence-electron chi connectivity index (χ1n) is 13.5. The highest BCUT2D eigenvalue weighted by molar-refractivity contribution is 7.92. The number of amides is 1. The number of nitrogens with zero attached hydrogens (tertiary/aromatic N) is 3. The van der Waals surface area contributed by atoms with Gasteiger partial charge in [-0.2, -0.15) is 0 Å². The Morgan fingerprint density at radius 2 is 1.60 bits per heavy atom. The van der Waals surface area contributed by atoms with Crippen molar-refractivity contribution in [1.29, 1.82) is 0 Å². The van der Waals surface area contributed by atoms with Gasteiger partial charge in [-0.1, -0.05) is 18.2 Å². The summed E-state index contributed by atoms with van der Waals surface area (Å²) < 4.78 is 40.1. The Hall–Kier alpha value is -3.60. The Morgan fingerprint density at radius 1 is 0.900 bits per heavy atom. The second-order valence-electron chi connectivity index (χ2n) is 10.2. The first-order chi connectivity index (χ1) is 19.2. The van der Waals surface area contributed by atoms with Gasteiger partial charge in [-0.15, -0.1) is 0 Å². The predicted molar refractivity (Wildman–Crippen MR) is 157 cm³/mol. The standard InChI is InChI=1S/C30H36N4O5S/c1-22-20-24(30(35)34-16-18-39-19-17-34)6-10-27(22)23-4-8-26(9-5-23)40(36,37)31-25-7-11-29(38-3)28(21-25)33-14-12-32(2)13-15-33/h4-11,20-21,31H,12-19H2,1-3H3. The molecule has 2 aliphatic rings. The first-order valence-corrected chi connectivity index (χ1v) is 15.0. The number of carbonyl (C=O) groups is 1. The van der Waals surface area contributed by atoms with Gasteiger partial charge < -0.3 is 24.2 Å². The number of ether oxygens (including phenoxy) is 2. The number of nitrogens with one attached hydrogen (secondary N) is 1. The zero-order valence-corrected chi connectivity index (χ0v) is 24.0. The van der Waals surface area contributed by atoms with E-state index in [1.807, 2.05) is 36.1 Å². The number of rotatable bonds is 7. The average Bonchev–Trinajstić information content (AvgIpc) is 2.97. The van der Waals surface area contributed by atoms with E-state index in [-0.39, 0.29) is 10.8 Å². The molecule has 3 aromatic rings. The van der Waals surface area contributed by atoms with E-state index in [4.69, 9.17) is 9.47 Å². The lowest BCUT2D eigenvalue weighted by molar-refractivity contribution is 0.0303. The van der Waals surface area contributed by atoms with Crippen LogP contribution in [0.1, 0.15) is 15.9 Å². The third-order valence-corrected chi connectivity index (χ3v) is 8.92. The van der Waals surface area contributed by atoms with Crippen LogP contribution in [-0.2, 0) is 14.8 Å². The van der Waals surface area contributed by atoms with Crippen molar-refractivity contribution in [2.24, 2.45) is 0 Å². The third kappa shape index (κ3) is 6.09. The zero-order valence-electron chi connectivity index (χ0n) is 23.2. The Morgan fingerprint density at radius 3 is 2.25 bits per heavy atom. The summed E-state index contributed by atoms with van der Waals surface area (Å²) in [5.41, 5.74) is 4.77. The minimum absolute atomic E-state index is 0.000206. The average molecular weight is 565 g/mol. The quantitative estimate of drug-likeness (QED) is 0.468. The van der Waals surface area contributed by atoms with Gasteiger partial charge in [0.2, 0.25) is 0 Å². The topological polar surface area (TPSA) is 91.4 Å². The van der Waals surface area contributed by atoms with Crippen LogP contribution >= 0.6 is 0 Å². The molecule has 1 N–H and O–H groups in total. The van der Waals surface area contributed by atoms with Gasteiger partial charge in [-0.25, -0.2) is 8.42 Å². The van der Waals surface area contributed by atoms with E-state index in [0.717, 1.165) is 48.6 Å². The number of morpholine rings is 1. The van der Waals surface area contributed by atoms with Crippen LogP contribution in [0.4, 0.5) is 11.4 Å². The van der Waals surface area contributed by atoms with Gasteiger partial charge in [0.25, 0.3) is 15.9 Å². The molecule has 0 aliphatic carbocycles. The Bertz CT molecular complexity index is 1460. The highest BCUT2D eigenvalue weighted by Gasteiger charge is 2.21.